The number of sulfone groups is 1. The van der Waals surface area contributed by atoms with E-state index in [0.29, 0.717) is 17.7 Å². The minimum absolute atomic E-state index is 0.00176. The predicted octanol–water partition coefficient (Wildman–Crippen LogP) is 2.15. The molecule has 18 heavy (non-hydrogen) atoms. The van der Waals surface area contributed by atoms with Gasteiger partial charge in [-0.1, -0.05) is 22.9 Å². The number of halogens is 1. The molecule has 0 aliphatic rings. The largest absolute Gasteiger partial charge is 0.492 e. The van der Waals surface area contributed by atoms with Gasteiger partial charge in [0.1, 0.15) is 12.4 Å². The maximum absolute atomic E-state index is 11.5. The lowest BCUT2D eigenvalue weighted by atomic mass is 10.2. The third kappa shape index (κ3) is 4.96. The third-order valence-electron chi connectivity index (χ3n) is 2.36. The van der Waals surface area contributed by atoms with Gasteiger partial charge in [0.15, 0.2) is 9.84 Å². The molecule has 1 N–H and O–H groups in total. The lowest BCUT2D eigenvalue weighted by molar-refractivity contribution is 0.267. The van der Waals surface area contributed by atoms with Gasteiger partial charge < -0.3 is 9.84 Å². The fourth-order valence-electron chi connectivity index (χ4n) is 1.50. The Morgan fingerprint density at radius 3 is 2.67 bits per heavy atom. The zero-order valence-corrected chi connectivity index (χ0v) is 12.6. The Hall–Kier alpha value is -0.590. The zero-order valence-electron chi connectivity index (χ0n) is 10.2. The number of rotatable bonds is 7. The van der Waals surface area contributed by atoms with Crippen LogP contribution < -0.4 is 4.74 Å². The molecule has 1 rings (SSSR count). The molecule has 0 saturated heterocycles. The summed E-state index contributed by atoms with van der Waals surface area (Å²) in [5.74, 6) is 0.707. The van der Waals surface area contributed by atoms with Crippen molar-refractivity contribution in [1.29, 1.82) is 0 Å². The monoisotopic (exact) mass is 336 g/mol. The summed E-state index contributed by atoms with van der Waals surface area (Å²) in [6, 6.07) is 5.24. The molecule has 0 radical (unpaired) electrons. The first-order chi connectivity index (χ1) is 8.48. The molecule has 0 unspecified atom stereocenters. The molecule has 0 bridgehead atoms. The quantitative estimate of drug-likeness (QED) is 0.828. The Kier molecular flexibility index (Phi) is 6.11. The first kappa shape index (κ1) is 15.5. The Morgan fingerprint density at radius 1 is 1.33 bits per heavy atom. The van der Waals surface area contributed by atoms with Gasteiger partial charge in [-0.15, -0.1) is 0 Å². The second-order valence-electron chi connectivity index (χ2n) is 3.91. The first-order valence-electron chi connectivity index (χ1n) is 5.71. The van der Waals surface area contributed by atoms with Crippen molar-refractivity contribution in [3.05, 3.63) is 28.2 Å². The summed E-state index contributed by atoms with van der Waals surface area (Å²) < 4.78 is 29.2. The topological polar surface area (TPSA) is 63.6 Å². The lowest BCUT2D eigenvalue weighted by Gasteiger charge is -2.10. The summed E-state index contributed by atoms with van der Waals surface area (Å²) >= 11 is 3.30. The van der Waals surface area contributed by atoms with Crippen LogP contribution in [0, 0.1) is 0 Å². The van der Waals surface area contributed by atoms with Gasteiger partial charge in [0.05, 0.1) is 18.1 Å². The third-order valence-corrected chi connectivity index (χ3v) is 4.67. The average Bonchev–Trinajstić information content (AvgIpc) is 2.30. The van der Waals surface area contributed by atoms with Crippen LogP contribution in [0.3, 0.4) is 0 Å². The molecule has 0 saturated carbocycles. The van der Waals surface area contributed by atoms with E-state index < -0.39 is 9.84 Å². The molecule has 0 fully saturated rings. The predicted molar refractivity (Wildman–Crippen MR) is 74.5 cm³/mol. The van der Waals surface area contributed by atoms with E-state index in [4.69, 9.17) is 9.84 Å². The Morgan fingerprint density at radius 2 is 2.06 bits per heavy atom. The van der Waals surface area contributed by atoms with Crippen LogP contribution in [0.1, 0.15) is 18.9 Å². The molecule has 0 aliphatic carbocycles. The van der Waals surface area contributed by atoms with Crippen LogP contribution in [-0.4, -0.2) is 31.6 Å². The standard InChI is InChI=1S/C12H17BrO4S/c1-2-6-18(15,16)7-5-17-12-4-3-11(13)8-10(12)9-14/h3-4,8,14H,2,5-7,9H2,1H3. The molecule has 4 nitrogen and oxygen atoms in total. The summed E-state index contributed by atoms with van der Waals surface area (Å²) in [7, 11) is -3.03. The Balaban J connectivity index is 2.59. The van der Waals surface area contributed by atoms with Crippen molar-refractivity contribution in [2.75, 3.05) is 18.1 Å². The van der Waals surface area contributed by atoms with Gasteiger partial charge in [0.25, 0.3) is 0 Å². The van der Waals surface area contributed by atoms with Crippen LogP contribution in [-0.2, 0) is 16.4 Å². The minimum Gasteiger partial charge on any atom is -0.492 e. The molecular formula is C12H17BrO4S. The summed E-state index contributed by atoms with van der Waals surface area (Å²) in [4.78, 5) is 0. The second kappa shape index (κ2) is 7.11. The molecule has 1 aromatic rings. The van der Waals surface area contributed by atoms with E-state index >= 15 is 0 Å². The molecule has 0 aromatic heterocycles. The van der Waals surface area contributed by atoms with E-state index in [1.807, 2.05) is 6.92 Å². The minimum atomic E-state index is -3.03. The van der Waals surface area contributed by atoms with Crippen molar-refractivity contribution in [2.24, 2.45) is 0 Å². The zero-order chi connectivity index (χ0) is 13.6. The number of ether oxygens (including phenoxy) is 1. The van der Waals surface area contributed by atoms with Gasteiger partial charge in [-0.05, 0) is 24.6 Å². The molecule has 0 spiro atoms. The van der Waals surface area contributed by atoms with E-state index in [2.05, 4.69) is 15.9 Å². The SMILES string of the molecule is CCCS(=O)(=O)CCOc1ccc(Br)cc1CO. The smallest absolute Gasteiger partial charge is 0.153 e. The van der Waals surface area contributed by atoms with Crippen LogP contribution in [0.5, 0.6) is 5.75 Å². The number of benzene rings is 1. The molecule has 1 aromatic carbocycles. The second-order valence-corrected chi connectivity index (χ2v) is 7.13. The average molecular weight is 337 g/mol. The van der Waals surface area contributed by atoms with Gasteiger partial charge >= 0.3 is 0 Å². The van der Waals surface area contributed by atoms with Crippen molar-refractivity contribution in [2.45, 2.75) is 20.0 Å². The fourth-order valence-corrected chi connectivity index (χ4v) is 3.08. The highest BCUT2D eigenvalue weighted by Gasteiger charge is 2.10. The van der Waals surface area contributed by atoms with Crippen LogP contribution in [0.2, 0.25) is 0 Å². The van der Waals surface area contributed by atoms with E-state index in [1.54, 1.807) is 18.2 Å². The molecule has 6 heteroatoms. The van der Waals surface area contributed by atoms with Gasteiger partial charge in [-0.3, -0.25) is 0 Å². The fraction of sp³-hybridized carbons (Fsp3) is 0.500. The molecule has 0 aliphatic heterocycles. The van der Waals surface area contributed by atoms with E-state index in [-0.39, 0.29) is 24.7 Å². The van der Waals surface area contributed by atoms with Crippen LogP contribution >= 0.6 is 15.9 Å². The van der Waals surface area contributed by atoms with Crippen LogP contribution in [0.25, 0.3) is 0 Å². The Bertz CT molecular complexity index is 485. The van der Waals surface area contributed by atoms with Crippen molar-refractivity contribution >= 4 is 25.8 Å². The van der Waals surface area contributed by atoms with Crippen molar-refractivity contribution < 1.29 is 18.3 Å². The first-order valence-corrected chi connectivity index (χ1v) is 8.32. The summed E-state index contributed by atoms with van der Waals surface area (Å²) in [6.07, 6.45) is 0.614. The van der Waals surface area contributed by atoms with Crippen molar-refractivity contribution in [1.82, 2.24) is 0 Å². The number of hydrogen-bond acceptors (Lipinski definition) is 4. The lowest BCUT2D eigenvalue weighted by Crippen LogP contribution is -2.17. The highest BCUT2D eigenvalue weighted by atomic mass is 79.9. The number of hydrogen-bond donors (Lipinski definition) is 1. The van der Waals surface area contributed by atoms with Crippen molar-refractivity contribution in [3.8, 4) is 5.75 Å². The normalized spacial score (nSPS) is 11.5. The van der Waals surface area contributed by atoms with Gasteiger partial charge in [-0.25, -0.2) is 8.42 Å². The molecule has 0 atom stereocenters. The summed E-state index contributed by atoms with van der Waals surface area (Å²) in [5.41, 5.74) is 0.636. The highest BCUT2D eigenvalue weighted by Crippen LogP contribution is 2.23. The van der Waals surface area contributed by atoms with E-state index in [9.17, 15) is 8.42 Å². The van der Waals surface area contributed by atoms with Crippen LogP contribution in [0.15, 0.2) is 22.7 Å². The summed E-state index contributed by atoms with van der Waals surface area (Å²) in [6.45, 7) is 1.80. The van der Waals surface area contributed by atoms with E-state index in [0.717, 1.165) is 4.47 Å². The maximum Gasteiger partial charge on any atom is 0.153 e. The summed E-state index contributed by atoms with van der Waals surface area (Å²) in [5, 5.41) is 9.17. The van der Waals surface area contributed by atoms with Crippen LogP contribution in [0.4, 0.5) is 0 Å². The molecule has 0 heterocycles. The van der Waals surface area contributed by atoms with Crippen molar-refractivity contribution in [3.63, 3.8) is 0 Å². The number of aliphatic hydroxyl groups excluding tert-OH is 1. The number of aliphatic hydroxyl groups is 1. The molecule has 0 amide bonds. The molecular weight excluding hydrogens is 320 g/mol. The van der Waals surface area contributed by atoms with Gasteiger partial charge in [-0.2, -0.15) is 0 Å². The highest BCUT2D eigenvalue weighted by molar-refractivity contribution is 9.10. The van der Waals surface area contributed by atoms with Gasteiger partial charge in [0, 0.05) is 10.0 Å². The molecule has 102 valence electrons. The Labute approximate surface area is 116 Å². The maximum atomic E-state index is 11.5. The van der Waals surface area contributed by atoms with Gasteiger partial charge in [0.2, 0.25) is 0 Å². The van der Waals surface area contributed by atoms with E-state index in [1.165, 1.54) is 0 Å².